The van der Waals surface area contributed by atoms with Crippen LogP contribution in [-0.2, 0) is 4.79 Å². The first-order valence-electron chi connectivity index (χ1n) is 6.88. The topological polar surface area (TPSA) is 76.8 Å². The Morgan fingerprint density at radius 1 is 1.40 bits per heavy atom. The first kappa shape index (κ1) is 13.2. The molecule has 1 unspecified atom stereocenters. The third-order valence-electron chi connectivity index (χ3n) is 3.57. The number of carbonyl (C=O) groups excluding carboxylic acids is 1. The summed E-state index contributed by atoms with van der Waals surface area (Å²) in [6, 6.07) is 5.58. The van der Waals surface area contributed by atoms with Crippen LogP contribution in [0.4, 0.5) is 5.69 Å². The third-order valence-corrected chi connectivity index (χ3v) is 3.57. The largest absolute Gasteiger partial charge is 0.454 e. The molecule has 2 aliphatic rings. The second kappa shape index (κ2) is 5.68. The maximum atomic E-state index is 12.0. The molecule has 0 saturated carbocycles. The lowest BCUT2D eigenvalue weighted by molar-refractivity contribution is -0.117. The predicted octanol–water partition coefficient (Wildman–Crippen LogP) is 0.777. The normalized spacial score (nSPS) is 21.8. The van der Waals surface area contributed by atoms with Crippen LogP contribution in [0, 0.1) is 0 Å². The fourth-order valence-corrected chi connectivity index (χ4v) is 2.61. The Morgan fingerprint density at radius 2 is 2.25 bits per heavy atom. The minimum absolute atomic E-state index is 0.0297. The van der Waals surface area contributed by atoms with E-state index in [2.05, 4.69) is 10.2 Å². The molecule has 0 aliphatic carbocycles. The Labute approximate surface area is 117 Å². The van der Waals surface area contributed by atoms with Gasteiger partial charge in [0, 0.05) is 24.3 Å². The number of rotatable bonds is 3. The predicted molar refractivity (Wildman–Crippen MR) is 74.8 cm³/mol. The summed E-state index contributed by atoms with van der Waals surface area (Å²) >= 11 is 0. The molecule has 3 N–H and O–H groups in total. The van der Waals surface area contributed by atoms with Gasteiger partial charge in [0.25, 0.3) is 0 Å². The molecule has 2 aliphatic heterocycles. The van der Waals surface area contributed by atoms with E-state index in [1.54, 1.807) is 12.1 Å². The van der Waals surface area contributed by atoms with Crippen LogP contribution >= 0.6 is 0 Å². The first-order valence-corrected chi connectivity index (χ1v) is 6.88. The summed E-state index contributed by atoms with van der Waals surface area (Å²) < 4.78 is 10.5. The number of anilines is 1. The standard InChI is InChI=1S/C14H19N3O3/c15-10-2-1-5-17(7-10)8-14(18)16-11-3-4-12-13(6-11)20-9-19-12/h3-4,6,10H,1-2,5,7-9,15H2,(H,16,18). The Balaban J connectivity index is 1.56. The number of nitrogens with zero attached hydrogens (tertiary/aromatic N) is 1. The number of nitrogens with two attached hydrogens (primary N) is 1. The number of carbonyl (C=O) groups is 1. The van der Waals surface area contributed by atoms with Gasteiger partial charge >= 0.3 is 0 Å². The smallest absolute Gasteiger partial charge is 0.238 e. The number of likely N-dealkylation sites (tertiary alicyclic amines) is 1. The molecule has 108 valence electrons. The molecule has 20 heavy (non-hydrogen) atoms. The maximum Gasteiger partial charge on any atom is 0.238 e. The van der Waals surface area contributed by atoms with Gasteiger partial charge in [0.1, 0.15) is 0 Å². The average molecular weight is 277 g/mol. The minimum Gasteiger partial charge on any atom is -0.454 e. The van der Waals surface area contributed by atoms with E-state index in [4.69, 9.17) is 15.2 Å². The lowest BCUT2D eigenvalue weighted by atomic mass is 10.1. The molecule has 0 aromatic heterocycles. The van der Waals surface area contributed by atoms with E-state index in [1.807, 2.05) is 6.07 Å². The molecule has 1 amide bonds. The van der Waals surface area contributed by atoms with Crippen LogP contribution in [0.15, 0.2) is 18.2 Å². The zero-order valence-electron chi connectivity index (χ0n) is 11.3. The van der Waals surface area contributed by atoms with Gasteiger partial charge in [-0.2, -0.15) is 0 Å². The molecule has 1 saturated heterocycles. The van der Waals surface area contributed by atoms with Gasteiger partial charge < -0.3 is 20.5 Å². The van der Waals surface area contributed by atoms with Crippen LogP contribution in [0.1, 0.15) is 12.8 Å². The summed E-state index contributed by atoms with van der Waals surface area (Å²) in [6.45, 7) is 2.33. The van der Waals surface area contributed by atoms with Crippen LogP contribution < -0.4 is 20.5 Å². The van der Waals surface area contributed by atoms with E-state index in [9.17, 15) is 4.79 Å². The lowest BCUT2D eigenvalue weighted by Crippen LogP contribution is -2.45. The summed E-state index contributed by atoms with van der Waals surface area (Å²) in [5.74, 6) is 1.35. The first-order chi connectivity index (χ1) is 9.70. The molecule has 0 bridgehead atoms. The fraction of sp³-hybridized carbons (Fsp3) is 0.500. The molecular formula is C14H19N3O3. The van der Waals surface area contributed by atoms with E-state index >= 15 is 0 Å². The number of hydrogen-bond acceptors (Lipinski definition) is 5. The van der Waals surface area contributed by atoms with Crippen molar-refractivity contribution in [1.29, 1.82) is 0 Å². The van der Waals surface area contributed by atoms with Crippen LogP contribution in [-0.4, -0.2) is 43.3 Å². The lowest BCUT2D eigenvalue weighted by Gasteiger charge is -2.29. The number of benzene rings is 1. The van der Waals surface area contributed by atoms with E-state index < -0.39 is 0 Å². The second-order valence-corrected chi connectivity index (χ2v) is 5.25. The van der Waals surface area contributed by atoms with E-state index in [0.29, 0.717) is 18.0 Å². The van der Waals surface area contributed by atoms with E-state index in [1.165, 1.54) is 0 Å². The molecular weight excluding hydrogens is 258 g/mol. The SMILES string of the molecule is NC1CCCN(CC(=O)Nc2ccc3c(c2)OCO3)C1. The molecule has 6 heteroatoms. The van der Waals surface area contributed by atoms with Gasteiger partial charge in [0.2, 0.25) is 12.7 Å². The van der Waals surface area contributed by atoms with Crippen molar-refractivity contribution < 1.29 is 14.3 Å². The Hall–Kier alpha value is -1.79. The highest BCUT2D eigenvalue weighted by Crippen LogP contribution is 2.34. The monoisotopic (exact) mass is 277 g/mol. The number of ether oxygens (including phenoxy) is 2. The molecule has 1 fully saturated rings. The van der Waals surface area contributed by atoms with Crippen molar-refractivity contribution in [3.63, 3.8) is 0 Å². The maximum absolute atomic E-state index is 12.0. The molecule has 0 radical (unpaired) electrons. The number of amides is 1. The summed E-state index contributed by atoms with van der Waals surface area (Å²) in [7, 11) is 0. The summed E-state index contributed by atoms with van der Waals surface area (Å²) in [5, 5.41) is 2.88. The fourth-order valence-electron chi connectivity index (χ4n) is 2.61. The van der Waals surface area contributed by atoms with E-state index in [0.717, 1.165) is 31.6 Å². The van der Waals surface area contributed by atoms with E-state index in [-0.39, 0.29) is 18.7 Å². The second-order valence-electron chi connectivity index (χ2n) is 5.25. The van der Waals surface area contributed by atoms with Crippen molar-refractivity contribution in [2.75, 3.05) is 31.7 Å². The molecule has 1 atom stereocenters. The zero-order valence-corrected chi connectivity index (χ0v) is 11.3. The van der Waals surface area contributed by atoms with Crippen molar-refractivity contribution in [3.05, 3.63) is 18.2 Å². The van der Waals surface area contributed by atoms with Gasteiger partial charge in [-0.05, 0) is 31.5 Å². The van der Waals surface area contributed by atoms with Crippen LogP contribution in [0.3, 0.4) is 0 Å². The number of fused-ring (bicyclic) bond motifs is 1. The summed E-state index contributed by atoms with van der Waals surface area (Å²) in [6.07, 6.45) is 2.10. The highest BCUT2D eigenvalue weighted by molar-refractivity contribution is 5.92. The van der Waals surface area contributed by atoms with Gasteiger partial charge in [0.05, 0.1) is 6.54 Å². The van der Waals surface area contributed by atoms with Gasteiger partial charge in [-0.25, -0.2) is 0 Å². The highest BCUT2D eigenvalue weighted by Gasteiger charge is 2.19. The molecule has 1 aromatic carbocycles. The van der Waals surface area contributed by atoms with Crippen LogP contribution in [0.5, 0.6) is 11.5 Å². The quantitative estimate of drug-likeness (QED) is 0.853. The van der Waals surface area contributed by atoms with Crippen molar-refractivity contribution in [3.8, 4) is 11.5 Å². The number of piperidine rings is 1. The van der Waals surface area contributed by atoms with Crippen molar-refractivity contribution in [2.24, 2.45) is 5.73 Å². The minimum atomic E-state index is -0.0297. The third kappa shape index (κ3) is 3.02. The number of nitrogens with one attached hydrogen (secondary N) is 1. The molecule has 3 rings (SSSR count). The highest BCUT2D eigenvalue weighted by atomic mass is 16.7. The van der Waals surface area contributed by atoms with Crippen molar-refractivity contribution in [2.45, 2.75) is 18.9 Å². The number of hydrogen-bond donors (Lipinski definition) is 2. The van der Waals surface area contributed by atoms with Gasteiger partial charge in [-0.3, -0.25) is 9.69 Å². The van der Waals surface area contributed by atoms with Gasteiger partial charge in [-0.15, -0.1) is 0 Å². The van der Waals surface area contributed by atoms with Crippen molar-refractivity contribution >= 4 is 11.6 Å². The Kier molecular flexibility index (Phi) is 3.75. The van der Waals surface area contributed by atoms with Crippen molar-refractivity contribution in [1.82, 2.24) is 4.90 Å². The molecule has 1 aromatic rings. The van der Waals surface area contributed by atoms with Gasteiger partial charge in [-0.1, -0.05) is 0 Å². The van der Waals surface area contributed by atoms with Crippen LogP contribution in [0.25, 0.3) is 0 Å². The average Bonchev–Trinajstić information content (AvgIpc) is 2.86. The summed E-state index contributed by atoms with van der Waals surface area (Å²) in [4.78, 5) is 14.1. The Morgan fingerprint density at radius 3 is 3.10 bits per heavy atom. The Bertz CT molecular complexity index is 506. The van der Waals surface area contributed by atoms with Crippen LogP contribution in [0.2, 0.25) is 0 Å². The zero-order chi connectivity index (χ0) is 13.9. The molecule has 2 heterocycles. The molecule has 6 nitrogen and oxygen atoms in total. The summed E-state index contributed by atoms with van der Waals surface area (Å²) in [5.41, 5.74) is 6.63. The molecule has 0 spiro atoms. The van der Waals surface area contributed by atoms with Gasteiger partial charge in [0.15, 0.2) is 11.5 Å².